The Kier molecular flexibility index (Phi) is 4.97. The molecule has 4 rings (SSSR count). The zero-order chi connectivity index (χ0) is 19.5. The molecule has 0 N–H and O–H groups in total. The second-order valence-electron chi connectivity index (χ2n) is 6.57. The molecule has 0 radical (unpaired) electrons. The van der Waals surface area contributed by atoms with Crippen LogP contribution in [-0.4, -0.2) is 29.4 Å². The number of fused-ring (bicyclic) bond motifs is 1. The Morgan fingerprint density at radius 1 is 1.07 bits per heavy atom. The van der Waals surface area contributed by atoms with Gasteiger partial charge in [0.25, 0.3) is 5.89 Å². The molecule has 1 atom stereocenters. The summed E-state index contributed by atoms with van der Waals surface area (Å²) >= 11 is 0. The van der Waals surface area contributed by atoms with E-state index < -0.39 is 12.1 Å². The predicted octanol–water partition coefficient (Wildman–Crippen LogP) is 4.12. The maximum atomic E-state index is 12.5. The van der Waals surface area contributed by atoms with Crippen molar-refractivity contribution in [2.24, 2.45) is 0 Å². The van der Waals surface area contributed by atoms with Gasteiger partial charge in [-0.2, -0.15) is 0 Å². The van der Waals surface area contributed by atoms with Gasteiger partial charge in [-0.15, -0.1) is 10.2 Å². The van der Waals surface area contributed by atoms with Crippen LogP contribution in [0, 0.1) is 6.92 Å². The number of nitrogens with zero attached hydrogens (tertiary/aromatic N) is 2. The van der Waals surface area contributed by atoms with Crippen molar-refractivity contribution in [1.82, 2.24) is 10.2 Å². The lowest BCUT2D eigenvalue weighted by molar-refractivity contribution is 0.0279. The molecule has 0 spiro atoms. The molecule has 1 aliphatic rings. The van der Waals surface area contributed by atoms with Gasteiger partial charge in [-0.25, -0.2) is 4.79 Å². The molecule has 0 amide bonds. The van der Waals surface area contributed by atoms with E-state index in [0.717, 1.165) is 17.5 Å². The molecule has 7 nitrogen and oxygen atoms in total. The minimum atomic E-state index is -0.686. The zero-order valence-corrected chi connectivity index (χ0v) is 15.7. The normalized spacial score (nSPS) is 14.2. The average Bonchev–Trinajstić information content (AvgIpc) is 3.07. The molecule has 3 aromatic rings. The Hall–Kier alpha value is -3.35. The van der Waals surface area contributed by atoms with Crippen LogP contribution in [0.5, 0.6) is 11.5 Å². The first-order valence-electron chi connectivity index (χ1n) is 9.11. The largest absolute Gasteiger partial charge is 0.490 e. The smallest absolute Gasteiger partial charge is 0.339 e. The highest BCUT2D eigenvalue weighted by Crippen LogP contribution is 2.31. The molecule has 7 heteroatoms. The van der Waals surface area contributed by atoms with E-state index in [1.165, 1.54) is 0 Å². The van der Waals surface area contributed by atoms with Crippen molar-refractivity contribution in [2.45, 2.75) is 26.4 Å². The van der Waals surface area contributed by atoms with Gasteiger partial charge in [0.2, 0.25) is 5.89 Å². The fraction of sp³-hybridized carbons (Fsp3) is 0.286. The quantitative estimate of drug-likeness (QED) is 0.629. The van der Waals surface area contributed by atoms with Crippen LogP contribution in [0.1, 0.15) is 41.3 Å². The molecule has 1 aromatic heterocycles. The van der Waals surface area contributed by atoms with Gasteiger partial charge in [0, 0.05) is 12.0 Å². The van der Waals surface area contributed by atoms with E-state index in [9.17, 15) is 4.79 Å². The molecule has 0 fully saturated rings. The summed E-state index contributed by atoms with van der Waals surface area (Å²) in [7, 11) is 0. The molecule has 2 heterocycles. The molecule has 0 unspecified atom stereocenters. The summed E-state index contributed by atoms with van der Waals surface area (Å²) in [6.45, 7) is 4.81. The van der Waals surface area contributed by atoms with E-state index in [0.29, 0.717) is 36.2 Å². The number of esters is 1. The van der Waals surface area contributed by atoms with Crippen LogP contribution in [0.15, 0.2) is 46.9 Å². The van der Waals surface area contributed by atoms with E-state index >= 15 is 0 Å². The van der Waals surface area contributed by atoms with Gasteiger partial charge in [0.05, 0.1) is 18.8 Å². The van der Waals surface area contributed by atoms with Crippen molar-refractivity contribution < 1.29 is 23.4 Å². The molecule has 0 bridgehead atoms. The Balaban J connectivity index is 1.47. The Morgan fingerprint density at radius 3 is 2.71 bits per heavy atom. The number of carbonyl (C=O) groups is 1. The third kappa shape index (κ3) is 3.83. The highest BCUT2D eigenvalue weighted by Gasteiger charge is 2.21. The van der Waals surface area contributed by atoms with Crippen LogP contribution in [0.4, 0.5) is 0 Å². The second-order valence-corrected chi connectivity index (χ2v) is 6.57. The summed E-state index contributed by atoms with van der Waals surface area (Å²) in [5.41, 5.74) is 2.28. The van der Waals surface area contributed by atoms with Crippen LogP contribution in [-0.2, 0) is 4.74 Å². The standard InChI is InChI=1S/C21H20N2O5/c1-13-5-3-6-15(11-13)20-23-22-19(28-20)14(2)27-21(24)16-7-8-17-18(12-16)26-10-4-9-25-17/h3,5-8,11-12,14H,4,9-10H2,1-2H3/t14-/m1/s1. The minimum absolute atomic E-state index is 0.235. The highest BCUT2D eigenvalue weighted by atomic mass is 16.6. The van der Waals surface area contributed by atoms with E-state index in [4.69, 9.17) is 18.6 Å². The molecule has 0 saturated heterocycles. The first-order valence-corrected chi connectivity index (χ1v) is 9.11. The first-order chi connectivity index (χ1) is 13.6. The number of hydrogen-bond donors (Lipinski definition) is 0. The number of carbonyl (C=O) groups excluding carboxylic acids is 1. The lowest BCUT2D eigenvalue weighted by Gasteiger charge is -2.11. The SMILES string of the molecule is Cc1cccc(-c2nnc([C@@H](C)OC(=O)c3ccc4c(c3)OCCCO4)o2)c1. The van der Waals surface area contributed by atoms with Gasteiger partial charge in [-0.05, 0) is 44.2 Å². The molecule has 0 saturated carbocycles. The molecule has 144 valence electrons. The molecular formula is C21H20N2O5. The minimum Gasteiger partial charge on any atom is -0.490 e. The van der Waals surface area contributed by atoms with E-state index in [2.05, 4.69) is 10.2 Å². The third-order valence-electron chi connectivity index (χ3n) is 4.32. The van der Waals surface area contributed by atoms with Gasteiger partial charge >= 0.3 is 5.97 Å². The van der Waals surface area contributed by atoms with Crippen molar-refractivity contribution in [3.05, 3.63) is 59.5 Å². The van der Waals surface area contributed by atoms with Gasteiger partial charge in [-0.3, -0.25) is 0 Å². The highest BCUT2D eigenvalue weighted by molar-refractivity contribution is 5.90. The van der Waals surface area contributed by atoms with Crippen molar-refractivity contribution >= 4 is 5.97 Å². The van der Waals surface area contributed by atoms with Gasteiger partial charge in [0.15, 0.2) is 17.6 Å². The third-order valence-corrected chi connectivity index (χ3v) is 4.32. The molecule has 1 aliphatic heterocycles. The van der Waals surface area contributed by atoms with E-state index in [1.54, 1.807) is 25.1 Å². The van der Waals surface area contributed by atoms with Crippen LogP contribution in [0.25, 0.3) is 11.5 Å². The number of hydrogen-bond acceptors (Lipinski definition) is 7. The first kappa shape index (κ1) is 18.0. The number of benzene rings is 2. The Bertz CT molecular complexity index is 998. The summed E-state index contributed by atoms with van der Waals surface area (Å²) in [6, 6.07) is 12.7. The summed E-state index contributed by atoms with van der Waals surface area (Å²) < 4.78 is 22.4. The maximum absolute atomic E-state index is 12.5. The number of aryl methyl sites for hydroxylation is 1. The molecule has 0 aliphatic carbocycles. The maximum Gasteiger partial charge on any atom is 0.339 e. The van der Waals surface area contributed by atoms with Crippen LogP contribution in [0.2, 0.25) is 0 Å². The summed E-state index contributed by atoms with van der Waals surface area (Å²) in [6.07, 6.45) is 0.112. The van der Waals surface area contributed by atoms with Crippen LogP contribution < -0.4 is 9.47 Å². The topological polar surface area (TPSA) is 83.7 Å². The van der Waals surface area contributed by atoms with Gasteiger partial charge in [-0.1, -0.05) is 17.7 Å². The lowest BCUT2D eigenvalue weighted by Crippen LogP contribution is -2.10. The second kappa shape index (κ2) is 7.72. The van der Waals surface area contributed by atoms with Crippen molar-refractivity contribution in [3.8, 4) is 23.0 Å². The number of ether oxygens (including phenoxy) is 3. The van der Waals surface area contributed by atoms with Crippen molar-refractivity contribution in [1.29, 1.82) is 0 Å². The molecular weight excluding hydrogens is 360 g/mol. The summed E-state index contributed by atoms with van der Waals surface area (Å²) in [4.78, 5) is 12.5. The summed E-state index contributed by atoms with van der Waals surface area (Å²) in [5.74, 6) is 1.29. The summed E-state index contributed by atoms with van der Waals surface area (Å²) in [5, 5.41) is 8.07. The van der Waals surface area contributed by atoms with Gasteiger partial charge < -0.3 is 18.6 Å². The monoisotopic (exact) mass is 380 g/mol. The van der Waals surface area contributed by atoms with E-state index in [1.807, 2.05) is 31.2 Å². The number of rotatable bonds is 4. The Labute approximate surface area is 162 Å². The molecule has 28 heavy (non-hydrogen) atoms. The van der Waals surface area contributed by atoms with Crippen LogP contribution >= 0.6 is 0 Å². The lowest BCUT2D eigenvalue weighted by atomic mass is 10.1. The fourth-order valence-electron chi connectivity index (χ4n) is 2.86. The number of aromatic nitrogens is 2. The fourth-order valence-corrected chi connectivity index (χ4v) is 2.86. The van der Waals surface area contributed by atoms with Crippen molar-refractivity contribution in [3.63, 3.8) is 0 Å². The zero-order valence-electron chi connectivity index (χ0n) is 15.7. The van der Waals surface area contributed by atoms with E-state index in [-0.39, 0.29) is 5.89 Å². The van der Waals surface area contributed by atoms with Crippen LogP contribution in [0.3, 0.4) is 0 Å². The average molecular weight is 380 g/mol. The predicted molar refractivity (Wildman–Crippen MR) is 100 cm³/mol. The Morgan fingerprint density at radius 2 is 1.89 bits per heavy atom. The molecule has 2 aromatic carbocycles. The van der Waals surface area contributed by atoms with Crippen molar-refractivity contribution in [2.75, 3.05) is 13.2 Å². The van der Waals surface area contributed by atoms with Gasteiger partial charge in [0.1, 0.15) is 0 Å².